The maximum Gasteiger partial charge on any atom is 0.254 e. The van der Waals surface area contributed by atoms with E-state index in [1.807, 2.05) is 42.5 Å². The molecule has 0 spiro atoms. The van der Waals surface area contributed by atoms with Gasteiger partial charge in [-0.2, -0.15) is 0 Å². The van der Waals surface area contributed by atoms with E-state index in [-0.39, 0.29) is 17.9 Å². The molecule has 0 radical (unpaired) electrons. The van der Waals surface area contributed by atoms with Gasteiger partial charge in [0.05, 0.1) is 6.54 Å². The van der Waals surface area contributed by atoms with Crippen LogP contribution in [0, 0.1) is 0 Å². The van der Waals surface area contributed by atoms with Crippen LogP contribution in [0.15, 0.2) is 48.5 Å². The van der Waals surface area contributed by atoms with Gasteiger partial charge in [0, 0.05) is 38.5 Å². The highest BCUT2D eigenvalue weighted by Crippen LogP contribution is 2.28. The minimum absolute atomic E-state index is 0.000904. The summed E-state index contributed by atoms with van der Waals surface area (Å²) in [6, 6.07) is 15.6. The number of ether oxygens (including phenoxy) is 1. The van der Waals surface area contributed by atoms with Crippen molar-refractivity contribution in [1.29, 1.82) is 0 Å². The molecule has 2 aromatic carbocycles. The van der Waals surface area contributed by atoms with Crippen LogP contribution in [-0.2, 0) is 17.8 Å². The highest BCUT2D eigenvalue weighted by molar-refractivity contribution is 5.98. The molecule has 2 aliphatic heterocycles. The Balaban J connectivity index is 1.27. The van der Waals surface area contributed by atoms with E-state index in [1.54, 1.807) is 16.8 Å². The minimum Gasteiger partial charge on any atom is -0.488 e. The normalized spacial score (nSPS) is 17.7. The van der Waals surface area contributed by atoms with Gasteiger partial charge in [-0.25, -0.2) is 0 Å². The SMILES string of the molecule is CN(CC1Cc2ccccc2O1)C(=O)CCN1Cc2ccccc2C1=O. The molecule has 1 atom stereocenters. The number of hydrogen-bond acceptors (Lipinski definition) is 3. The van der Waals surface area contributed by atoms with Gasteiger partial charge in [-0.3, -0.25) is 9.59 Å². The number of carbonyl (C=O) groups excluding carboxylic acids is 2. The Morgan fingerprint density at radius 3 is 2.65 bits per heavy atom. The zero-order valence-electron chi connectivity index (χ0n) is 14.9. The van der Waals surface area contributed by atoms with E-state index >= 15 is 0 Å². The molecule has 1 unspecified atom stereocenters. The van der Waals surface area contributed by atoms with E-state index in [0.29, 0.717) is 26.1 Å². The number of hydrogen-bond donors (Lipinski definition) is 0. The molecule has 2 amide bonds. The van der Waals surface area contributed by atoms with Gasteiger partial charge in [-0.05, 0) is 23.3 Å². The van der Waals surface area contributed by atoms with Crippen molar-refractivity contribution in [3.63, 3.8) is 0 Å². The van der Waals surface area contributed by atoms with Gasteiger partial charge in [0.2, 0.25) is 5.91 Å². The molecule has 2 aromatic rings. The number of nitrogens with zero attached hydrogens (tertiary/aromatic N) is 2. The number of para-hydroxylation sites is 1. The van der Waals surface area contributed by atoms with Crippen LogP contribution in [0.2, 0.25) is 0 Å². The second-order valence-corrected chi connectivity index (χ2v) is 6.96. The second kappa shape index (κ2) is 6.83. The molecule has 0 aliphatic carbocycles. The van der Waals surface area contributed by atoms with Gasteiger partial charge < -0.3 is 14.5 Å². The molecule has 2 heterocycles. The maximum atomic E-state index is 12.5. The lowest BCUT2D eigenvalue weighted by Gasteiger charge is -2.22. The minimum atomic E-state index is -0.000904. The Hall–Kier alpha value is -2.82. The van der Waals surface area contributed by atoms with Gasteiger partial charge in [-0.1, -0.05) is 36.4 Å². The number of likely N-dealkylation sites (N-methyl/N-ethyl adjacent to an activating group) is 1. The maximum absolute atomic E-state index is 12.5. The van der Waals surface area contributed by atoms with Crippen molar-refractivity contribution in [1.82, 2.24) is 9.80 Å². The van der Waals surface area contributed by atoms with Crippen LogP contribution in [0.5, 0.6) is 5.75 Å². The van der Waals surface area contributed by atoms with Crippen LogP contribution in [0.3, 0.4) is 0 Å². The third-order valence-corrected chi connectivity index (χ3v) is 5.11. The third kappa shape index (κ3) is 3.17. The van der Waals surface area contributed by atoms with Gasteiger partial charge >= 0.3 is 0 Å². The summed E-state index contributed by atoms with van der Waals surface area (Å²) in [6.07, 6.45) is 1.16. The number of rotatable bonds is 5. The molecule has 5 heteroatoms. The lowest BCUT2D eigenvalue weighted by molar-refractivity contribution is -0.131. The topological polar surface area (TPSA) is 49.9 Å². The Kier molecular flexibility index (Phi) is 4.37. The molecule has 0 saturated carbocycles. The molecule has 5 nitrogen and oxygen atoms in total. The molecule has 26 heavy (non-hydrogen) atoms. The number of fused-ring (bicyclic) bond motifs is 2. The molecular formula is C21H22N2O3. The summed E-state index contributed by atoms with van der Waals surface area (Å²) in [4.78, 5) is 28.3. The molecule has 134 valence electrons. The monoisotopic (exact) mass is 350 g/mol. The van der Waals surface area contributed by atoms with E-state index in [4.69, 9.17) is 4.74 Å². The Morgan fingerprint density at radius 1 is 1.15 bits per heavy atom. The standard InChI is InChI=1S/C21H22N2O3/c1-22(14-17-12-15-6-3-5-9-19(15)26-17)20(24)10-11-23-13-16-7-2-4-8-18(16)21(23)25/h2-9,17H,10-14H2,1H3. The van der Waals surface area contributed by atoms with Crippen molar-refractivity contribution in [3.05, 3.63) is 65.2 Å². The van der Waals surface area contributed by atoms with Crippen molar-refractivity contribution >= 4 is 11.8 Å². The fourth-order valence-corrected chi connectivity index (χ4v) is 3.68. The summed E-state index contributed by atoms with van der Waals surface area (Å²) in [5.74, 6) is 0.970. The quantitative estimate of drug-likeness (QED) is 0.832. The summed E-state index contributed by atoms with van der Waals surface area (Å²) in [7, 11) is 1.80. The highest BCUT2D eigenvalue weighted by Gasteiger charge is 2.28. The number of benzene rings is 2. The molecule has 0 bridgehead atoms. The molecule has 0 saturated heterocycles. The second-order valence-electron chi connectivity index (χ2n) is 6.96. The first-order valence-electron chi connectivity index (χ1n) is 8.97. The zero-order chi connectivity index (χ0) is 18.1. The third-order valence-electron chi connectivity index (χ3n) is 5.11. The van der Waals surface area contributed by atoms with Crippen LogP contribution < -0.4 is 4.74 Å². The molecule has 0 aromatic heterocycles. The number of amides is 2. The Labute approximate surface area is 153 Å². The first-order valence-corrected chi connectivity index (χ1v) is 8.97. The highest BCUT2D eigenvalue weighted by atomic mass is 16.5. The predicted molar refractivity (Wildman–Crippen MR) is 98.0 cm³/mol. The van der Waals surface area contributed by atoms with Crippen molar-refractivity contribution in [2.45, 2.75) is 25.5 Å². The molecule has 4 rings (SSSR count). The smallest absolute Gasteiger partial charge is 0.254 e. The lowest BCUT2D eigenvalue weighted by atomic mass is 10.1. The van der Waals surface area contributed by atoms with Crippen LogP contribution in [0.4, 0.5) is 0 Å². The molecular weight excluding hydrogens is 328 g/mol. The van der Waals surface area contributed by atoms with E-state index < -0.39 is 0 Å². The fourth-order valence-electron chi connectivity index (χ4n) is 3.68. The van der Waals surface area contributed by atoms with Gasteiger partial charge in [0.15, 0.2) is 0 Å². The van der Waals surface area contributed by atoms with Crippen molar-refractivity contribution < 1.29 is 14.3 Å². The van der Waals surface area contributed by atoms with Crippen molar-refractivity contribution in [3.8, 4) is 5.75 Å². The van der Waals surface area contributed by atoms with Crippen molar-refractivity contribution in [2.75, 3.05) is 20.1 Å². The van der Waals surface area contributed by atoms with E-state index in [2.05, 4.69) is 6.07 Å². The van der Waals surface area contributed by atoms with Crippen LogP contribution in [-0.4, -0.2) is 47.9 Å². The zero-order valence-corrected chi connectivity index (χ0v) is 14.9. The van der Waals surface area contributed by atoms with Gasteiger partial charge in [0.1, 0.15) is 11.9 Å². The average molecular weight is 350 g/mol. The predicted octanol–water partition coefficient (Wildman–Crippen LogP) is 2.49. The summed E-state index contributed by atoms with van der Waals surface area (Å²) in [5, 5.41) is 0. The molecule has 0 fully saturated rings. The molecule has 2 aliphatic rings. The van der Waals surface area contributed by atoms with E-state index in [1.165, 1.54) is 5.56 Å². The van der Waals surface area contributed by atoms with Crippen LogP contribution >= 0.6 is 0 Å². The van der Waals surface area contributed by atoms with E-state index in [0.717, 1.165) is 23.3 Å². The largest absolute Gasteiger partial charge is 0.488 e. The number of carbonyl (C=O) groups is 2. The Morgan fingerprint density at radius 2 is 1.88 bits per heavy atom. The summed E-state index contributed by atoms with van der Waals surface area (Å²) in [6.45, 7) is 1.59. The Bertz CT molecular complexity index is 824. The van der Waals surface area contributed by atoms with Crippen LogP contribution in [0.25, 0.3) is 0 Å². The van der Waals surface area contributed by atoms with Gasteiger partial charge in [-0.15, -0.1) is 0 Å². The lowest BCUT2D eigenvalue weighted by Crippen LogP contribution is -2.38. The van der Waals surface area contributed by atoms with Gasteiger partial charge in [0.25, 0.3) is 5.91 Å². The summed E-state index contributed by atoms with van der Waals surface area (Å²) < 4.78 is 5.91. The van der Waals surface area contributed by atoms with E-state index in [9.17, 15) is 9.59 Å². The molecule has 0 N–H and O–H groups in total. The summed E-state index contributed by atoms with van der Waals surface area (Å²) in [5.41, 5.74) is 2.99. The van der Waals surface area contributed by atoms with Crippen molar-refractivity contribution in [2.24, 2.45) is 0 Å². The first kappa shape index (κ1) is 16.6. The first-order chi connectivity index (χ1) is 12.6. The average Bonchev–Trinajstić information content (AvgIpc) is 3.20. The van der Waals surface area contributed by atoms with Crippen LogP contribution in [0.1, 0.15) is 27.9 Å². The summed E-state index contributed by atoms with van der Waals surface area (Å²) >= 11 is 0. The fraction of sp³-hybridized carbons (Fsp3) is 0.333.